The zero-order chi connectivity index (χ0) is 69.2. The summed E-state index contributed by atoms with van der Waals surface area (Å²) in [5, 5.41) is 110. The Morgan fingerprint density at radius 2 is 1.23 bits per heavy atom. The third-order valence-electron chi connectivity index (χ3n) is 15.0. The summed E-state index contributed by atoms with van der Waals surface area (Å²) in [6.07, 6.45) is -15.1. The van der Waals surface area contributed by atoms with Gasteiger partial charge in [0.1, 0.15) is 60.2 Å². The molecular weight excluding hydrogens is 1240 g/mol. The van der Waals surface area contributed by atoms with Crippen molar-refractivity contribution >= 4 is 47.3 Å². The lowest BCUT2D eigenvalue weighted by atomic mass is 9.72. The summed E-state index contributed by atoms with van der Waals surface area (Å²) in [5.41, 5.74) is -3.19. The first-order valence-electron chi connectivity index (χ1n) is 30.1. The van der Waals surface area contributed by atoms with Gasteiger partial charge in [-0.1, -0.05) is 0 Å². The Kier molecular flexibility index (Phi) is 26.7. The molecule has 1 saturated carbocycles. The Bertz CT molecular complexity index is 3090. The highest BCUT2D eigenvalue weighted by Gasteiger charge is 2.56. The molecule has 1 aliphatic carbocycles. The van der Waals surface area contributed by atoms with Crippen LogP contribution in [-0.4, -0.2) is 200 Å². The smallest absolute Gasteiger partial charge is 0.410 e. The molecule has 2 fully saturated rings. The first-order valence-corrected chi connectivity index (χ1v) is 30.1. The number of nitrogens with one attached hydrogen (secondary N) is 6. The van der Waals surface area contributed by atoms with Gasteiger partial charge in [0.15, 0.2) is 6.29 Å². The summed E-state index contributed by atoms with van der Waals surface area (Å²) in [7, 11) is 1.26. The Morgan fingerprint density at radius 1 is 0.702 bits per heavy atom. The van der Waals surface area contributed by atoms with Crippen molar-refractivity contribution in [3.63, 3.8) is 0 Å². The highest BCUT2D eigenvalue weighted by atomic mass is 16.7. The van der Waals surface area contributed by atoms with Crippen LogP contribution in [0.15, 0.2) is 84.6 Å². The second-order valence-corrected chi connectivity index (χ2v) is 24.9. The van der Waals surface area contributed by atoms with Crippen molar-refractivity contribution in [2.75, 3.05) is 39.8 Å². The Balaban J connectivity index is 1.34. The van der Waals surface area contributed by atoms with Gasteiger partial charge in [0, 0.05) is 68.5 Å². The van der Waals surface area contributed by atoms with E-state index in [1.165, 1.54) is 86.8 Å². The van der Waals surface area contributed by atoms with Gasteiger partial charge in [-0.15, -0.1) is 0 Å². The van der Waals surface area contributed by atoms with Gasteiger partial charge in [-0.25, -0.2) is 19.2 Å². The van der Waals surface area contributed by atoms with E-state index in [0.29, 0.717) is 29.7 Å². The number of aliphatic hydroxyl groups is 5. The first-order chi connectivity index (χ1) is 44.2. The number of benzene rings is 3. The molecule has 3 aromatic rings. The maximum absolute atomic E-state index is 14.3. The molecule has 3 aromatic carbocycles. The van der Waals surface area contributed by atoms with E-state index >= 15 is 0 Å². The van der Waals surface area contributed by atoms with E-state index in [4.69, 9.17) is 37.9 Å². The molecule has 94 heavy (non-hydrogen) atoms. The number of nitro benzene ring substituents is 3. The van der Waals surface area contributed by atoms with Crippen LogP contribution in [-0.2, 0) is 62.5 Å². The van der Waals surface area contributed by atoms with Crippen LogP contribution in [0.25, 0.3) is 0 Å². The molecule has 34 nitrogen and oxygen atoms in total. The normalized spacial score (nSPS) is 24.3. The lowest BCUT2D eigenvalue weighted by Crippen LogP contribution is -2.71. The van der Waals surface area contributed by atoms with Crippen LogP contribution in [0.1, 0.15) is 90.8 Å². The van der Waals surface area contributed by atoms with E-state index in [9.17, 15) is 79.8 Å². The summed E-state index contributed by atoms with van der Waals surface area (Å²) >= 11 is 0. The van der Waals surface area contributed by atoms with E-state index in [1.807, 2.05) is 0 Å². The minimum absolute atomic E-state index is 0.00900. The monoisotopic (exact) mass is 1330 g/mol. The molecule has 11 N–H and O–H groups in total. The van der Waals surface area contributed by atoms with Gasteiger partial charge in [0.25, 0.3) is 17.1 Å². The van der Waals surface area contributed by atoms with E-state index in [-0.39, 0.29) is 62.1 Å². The lowest BCUT2D eigenvalue weighted by molar-refractivity contribution is -0.385. The molecule has 5 amide bonds. The minimum Gasteiger partial charge on any atom is -0.492 e. The number of amides is 5. The maximum atomic E-state index is 14.3. The lowest BCUT2D eigenvalue weighted by Gasteiger charge is -2.52. The number of carbonyl (C=O) groups excluding carboxylic acids is 5. The third-order valence-corrected chi connectivity index (χ3v) is 15.0. The van der Waals surface area contributed by atoms with E-state index in [1.54, 1.807) is 47.6 Å². The largest absolute Gasteiger partial charge is 0.492 e. The fourth-order valence-electron chi connectivity index (χ4n) is 10.5. The van der Waals surface area contributed by atoms with Gasteiger partial charge in [-0.3, -0.25) is 40.5 Å². The number of rotatable bonds is 28. The number of carbonyl (C=O) groups is 5. The molecule has 13 atom stereocenters. The molecule has 0 radical (unpaired) electrons. The molecule has 3 aliphatic rings. The zero-order valence-electron chi connectivity index (χ0n) is 53.2. The summed E-state index contributed by atoms with van der Waals surface area (Å²) in [4.78, 5) is 100.0. The van der Waals surface area contributed by atoms with Crippen molar-refractivity contribution < 1.29 is 102 Å². The molecule has 2 heterocycles. The van der Waals surface area contributed by atoms with Gasteiger partial charge >= 0.3 is 24.4 Å². The predicted molar refractivity (Wildman–Crippen MR) is 327 cm³/mol. The molecule has 518 valence electrons. The van der Waals surface area contributed by atoms with Crippen LogP contribution >= 0.6 is 0 Å². The number of hydrogen-bond donors (Lipinski definition) is 11. The van der Waals surface area contributed by atoms with Crippen molar-refractivity contribution in [2.24, 2.45) is 5.92 Å². The summed E-state index contributed by atoms with van der Waals surface area (Å²) < 4.78 is 46.7. The number of nitrogens with zero attached hydrogens (tertiary/aromatic N) is 4. The van der Waals surface area contributed by atoms with Crippen LogP contribution in [0.4, 0.5) is 36.2 Å². The fraction of sp³-hybridized carbons (Fsp3) is 0.583. The van der Waals surface area contributed by atoms with Gasteiger partial charge in [0.2, 0.25) is 12.3 Å². The van der Waals surface area contributed by atoms with Gasteiger partial charge in [0.05, 0.1) is 58.8 Å². The van der Waals surface area contributed by atoms with E-state index in [2.05, 4.69) is 31.9 Å². The highest BCUT2D eigenvalue weighted by Crippen LogP contribution is 2.39. The number of alkyl carbamates (subject to hydrolysis) is 3. The molecule has 0 aromatic heterocycles. The average Bonchev–Trinajstić information content (AvgIpc) is 0.763. The molecule has 0 spiro atoms. The van der Waals surface area contributed by atoms with Crippen molar-refractivity contribution in [1.82, 2.24) is 36.8 Å². The van der Waals surface area contributed by atoms with Crippen LogP contribution in [0.5, 0.6) is 0 Å². The second-order valence-electron chi connectivity index (χ2n) is 24.9. The van der Waals surface area contributed by atoms with Crippen molar-refractivity contribution in [1.29, 1.82) is 0 Å². The molecule has 6 rings (SSSR count). The Morgan fingerprint density at radius 3 is 1.78 bits per heavy atom. The van der Waals surface area contributed by atoms with Crippen molar-refractivity contribution in [3.8, 4) is 0 Å². The van der Waals surface area contributed by atoms with Crippen LogP contribution in [0.2, 0.25) is 0 Å². The number of hydrogen-bond acceptors (Lipinski definition) is 26. The number of aliphatic hydroxyl groups excluding tert-OH is 4. The number of non-ortho nitro benzene ring substituents is 3. The predicted octanol–water partition coefficient (Wildman–Crippen LogP) is 3.27. The molecule has 2 unspecified atom stereocenters. The quantitative estimate of drug-likeness (QED) is 0.0163. The topological polar surface area (TPSA) is 465 Å². The first kappa shape index (κ1) is 74.6. The van der Waals surface area contributed by atoms with E-state index < -0.39 is 161 Å². The van der Waals surface area contributed by atoms with Crippen LogP contribution in [0.3, 0.4) is 0 Å². The van der Waals surface area contributed by atoms with E-state index in [0.717, 1.165) is 4.90 Å². The fourth-order valence-corrected chi connectivity index (χ4v) is 10.5. The van der Waals surface area contributed by atoms with Crippen LogP contribution < -0.4 is 31.9 Å². The maximum Gasteiger partial charge on any atom is 0.410 e. The molecule has 2 aliphatic heterocycles. The SMILES string of the molecule is CN(C(=O)OC(C)(C)C)[C@@H]1[C@@H](O)[C@@H](O[C@@H]2[C@@H](O)[C@H](C3OC(CNCCCNC(=O)OC(C)(C)C)=CC[C@H]3NC(O)OCc3ccc([N+](=O)[O-])cc3)[C@@H](NC(=O)OCc3ccc([N+](=O)[O-])cc3)C[C@H]2NC(=O)[C@H](O)CCNC(=O)OCc2ccc([N+](=O)[O-])cc2)OC[C@]1(C)O. The van der Waals surface area contributed by atoms with Gasteiger partial charge in [-0.05, 0) is 140 Å². The standard InChI is InChI=1S/C60H84N10O24/c1-58(2,3)93-54(76)62-26-9-25-61-29-40-22-23-41(65-55(77)88-31-35-12-18-38(19-13-35)69(83)84)48(91-40)45-42(66-56(78)89-32-36-14-20-39(21-15-36)70(85)86)28-43(64-51(74)44(71)24-27-63-53(75)87-30-34-10-16-37(17-11-34)68(81)82)49(46(45)72)92-52-47(73)50(60(7,80)33-90-52)67(8)57(79)94-59(4,5)6/h10-22,41-50,52,55,61,65,71-73,77,80H,9,23-33H2,1-8H3,(H,62,76)(H,63,75)(H,64,74)(H,66,78)/t41-,42+,43-,44-,45-,46+,47-,48?,49+,50-,52-,55?,60+/m1/s1. The average molecular weight is 1330 g/mol. The summed E-state index contributed by atoms with van der Waals surface area (Å²) in [5.74, 6) is -2.28. The third kappa shape index (κ3) is 22.6. The minimum atomic E-state index is -1.98. The number of nitro groups is 3. The Hall–Kier alpha value is -8.45. The van der Waals surface area contributed by atoms with Gasteiger partial charge < -0.3 is 94.9 Å². The molecule has 1 saturated heterocycles. The molecular formula is C60H84N10O24. The highest BCUT2D eigenvalue weighted by molar-refractivity contribution is 5.81. The zero-order valence-corrected chi connectivity index (χ0v) is 53.2. The van der Waals surface area contributed by atoms with Crippen molar-refractivity contribution in [3.05, 3.63) is 132 Å². The summed E-state index contributed by atoms with van der Waals surface area (Å²) in [6, 6.07) is 10.2. The van der Waals surface area contributed by atoms with Gasteiger partial charge in [-0.2, -0.15) is 0 Å². The molecule has 0 bridgehead atoms. The molecule has 34 heteroatoms. The van der Waals surface area contributed by atoms with Crippen molar-refractivity contribution in [2.45, 2.75) is 178 Å². The second kappa shape index (κ2) is 33.6. The Labute approximate surface area is 540 Å². The van der Waals surface area contributed by atoms with Crippen LogP contribution in [0, 0.1) is 36.3 Å². The number of ether oxygens (including phenoxy) is 8. The summed E-state index contributed by atoms with van der Waals surface area (Å²) in [6.45, 7) is 9.88. The number of likely N-dealkylation sites (N-methyl/N-ethyl adjacent to an activating group) is 1.